The van der Waals surface area contributed by atoms with E-state index in [4.69, 9.17) is 4.74 Å². The molecule has 1 unspecified atom stereocenters. The summed E-state index contributed by atoms with van der Waals surface area (Å²) in [6.07, 6.45) is 2.85. The van der Waals surface area contributed by atoms with E-state index in [2.05, 4.69) is 5.10 Å². The molecule has 0 radical (unpaired) electrons. The van der Waals surface area contributed by atoms with Crippen molar-refractivity contribution in [2.45, 2.75) is 6.10 Å². The Morgan fingerprint density at radius 3 is 2.71 bits per heavy atom. The van der Waals surface area contributed by atoms with Gasteiger partial charge in [0.15, 0.2) is 0 Å². The van der Waals surface area contributed by atoms with E-state index in [-0.39, 0.29) is 19.1 Å². The lowest BCUT2D eigenvalue weighted by Crippen LogP contribution is -2.36. The van der Waals surface area contributed by atoms with E-state index in [0.717, 1.165) is 5.69 Å². The van der Waals surface area contributed by atoms with Gasteiger partial charge in [-0.3, -0.25) is 4.79 Å². The molecule has 1 heterocycles. The van der Waals surface area contributed by atoms with E-state index >= 15 is 0 Å². The molecule has 2 rings (SSSR count). The molecule has 0 saturated carbocycles. The van der Waals surface area contributed by atoms with Crippen LogP contribution in [0.15, 0.2) is 42.7 Å². The Morgan fingerprint density at radius 2 is 2.14 bits per heavy atom. The zero-order valence-electron chi connectivity index (χ0n) is 12.1. The number of aromatic nitrogens is 2. The second-order valence-corrected chi connectivity index (χ2v) is 4.79. The van der Waals surface area contributed by atoms with E-state index in [9.17, 15) is 9.90 Å². The summed E-state index contributed by atoms with van der Waals surface area (Å²) < 4.78 is 6.57. The highest BCUT2D eigenvalue weighted by atomic mass is 16.5. The largest absolute Gasteiger partial charge is 0.389 e. The first kappa shape index (κ1) is 15.2. The zero-order chi connectivity index (χ0) is 15.2. The molecule has 6 heteroatoms. The third-order valence-electron chi connectivity index (χ3n) is 3.07. The van der Waals surface area contributed by atoms with Gasteiger partial charge < -0.3 is 14.7 Å². The number of rotatable bonds is 6. The van der Waals surface area contributed by atoms with Gasteiger partial charge in [0.25, 0.3) is 5.91 Å². The van der Waals surface area contributed by atoms with E-state index in [0.29, 0.717) is 5.56 Å². The Kier molecular flexibility index (Phi) is 5.08. The SMILES string of the molecule is COCC(O)CN(C)C(=O)c1ccc(-n2cccn2)cc1. The average Bonchev–Trinajstić information content (AvgIpc) is 3.01. The maximum absolute atomic E-state index is 12.2. The molecular formula is C15H19N3O3. The molecule has 1 aromatic carbocycles. The lowest BCUT2D eigenvalue weighted by atomic mass is 10.2. The minimum atomic E-state index is -0.688. The number of carbonyl (C=O) groups is 1. The minimum Gasteiger partial charge on any atom is -0.389 e. The first-order valence-corrected chi connectivity index (χ1v) is 6.64. The number of likely N-dealkylation sites (N-methyl/N-ethyl adjacent to an activating group) is 1. The molecule has 1 atom stereocenters. The van der Waals surface area contributed by atoms with Crippen LogP contribution in [-0.2, 0) is 4.74 Å². The van der Waals surface area contributed by atoms with Crippen LogP contribution in [0.5, 0.6) is 0 Å². The third-order valence-corrected chi connectivity index (χ3v) is 3.07. The van der Waals surface area contributed by atoms with Gasteiger partial charge in [0.05, 0.1) is 18.4 Å². The van der Waals surface area contributed by atoms with Crippen LogP contribution >= 0.6 is 0 Å². The number of aliphatic hydroxyl groups is 1. The molecule has 0 saturated heterocycles. The van der Waals surface area contributed by atoms with Crippen molar-refractivity contribution < 1.29 is 14.6 Å². The van der Waals surface area contributed by atoms with Gasteiger partial charge in [-0.1, -0.05) is 0 Å². The fourth-order valence-electron chi connectivity index (χ4n) is 2.04. The summed E-state index contributed by atoms with van der Waals surface area (Å²) in [6.45, 7) is 0.434. The predicted molar refractivity (Wildman–Crippen MR) is 78.4 cm³/mol. The molecule has 1 aromatic heterocycles. The molecule has 1 amide bonds. The van der Waals surface area contributed by atoms with Crippen molar-refractivity contribution in [3.05, 3.63) is 48.3 Å². The maximum atomic E-state index is 12.2. The molecular weight excluding hydrogens is 270 g/mol. The molecule has 6 nitrogen and oxygen atoms in total. The Morgan fingerprint density at radius 1 is 1.43 bits per heavy atom. The van der Waals surface area contributed by atoms with Gasteiger partial charge in [-0.2, -0.15) is 5.10 Å². The fourth-order valence-corrected chi connectivity index (χ4v) is 2.04. The molecule has 0 spiro atoms. The van der Waals surface area contributed by atoms with Crippen molar-refractivity contribution in [3.8, 4) is 5.69 Å². The van der Waals surface area contributed by atoms with E-state index in [1.54, 1.807) is 30.1 Å². The molecule has 0 bridgehead atoms. The molecule has 0 aliphatic heterocycles. The minimum absolute atomic E-state index is 0.142. The molecule has 21 heavy (non-hydrogen) atoms. The van der Waals surface area contributed by atoms with E-state index in [1.165, 1.54) is 12.0 Å². The second kappa shape index (κ2) is 7.01. The number of hydrogen-bond donors (Lipinski definition) is 1. The smallest absolute Gasteiger partial charge is 0.253 e. The Bertz CT molecular complexity index is 566. The summed E-state index contributed by atoms with van der Waals surface area (Å²) in [6, 6.07) is 9.00. The summed E-state index contributed by atoms with van der Waals surface area (Å²) in [5.41, 5.74) is 1.46. The summed E-state index contributed by atoms with van der Waals surface area (Å²) in [5, 5.41) is 13.8. The topological polar surface area (TPSA) is 67.6 Å². The second-order valence-electron chi connectivity index (χ2n) is 4.79. The third kappa shape index (κ3) is 3.90. The van der Waals surface area contributed by atoms with Crippen LogP contribution in [0.4, 0.5) is 0 Å². The lowest BCUT2D eigenvalue weighted by molar-refractivity contribution is 0.0380. The van der Waals surface area contributed by atoms with Crippen LogP contribution in [0.1, 0.15) is 10.4 Å². The number of ether oxygens (including phenoxy) is 1. The monoisotopic (exact) mass is 289 g/mol. The van der Waals surface area contributed by atoms with Crippen LogP contribution in [0.25, 0.3) is 5.69 Å². The number of benzene rings is 1. The number of methoxy groups -OCH3 is 1. The van der Waals surface area contributed by atoms with Crippen molar-refractivity contribution in [3.63, 3.8) is 0 Å². The standard InChI is InChI=1S/C15H19N3O3/c1-17(10-14(19)11-21-2)15(20)12-4-6-13(7-5-12)18-9-3-8-16-18/h3-9,14,19H,10-11H2,1-2H3. The number of aliphatic hydroxyl groups excluding tert-OH is 1. The molecule has 0 fully saturated rings. The van der Waals surface area contributed by atoms with Crippen molar-refractivity contribution in [2.24, 2.45) is 0 Å². The quantitative estimate of drug-likeness (QED) is 0.860. The highest BCUT2D eigenvalue weighted by Crippen LogP contribution is 2.10. The van der Waals surface area contributed by atoms with Gasteiger partial charge in [0.2, 0.25) is 0 Å². The number of nitrogens with zero attached hydrogens (tertiary/aromatic N) is 3. The van der Waals surface area contributed by atoms with E-state index in [1.807, 2.05) is 24.4 Å². The molecule has 0 aliphatic rings. The summed E-state index contributed by atoms with van der Waals surface area (Å²) in [7, 11) is 3.17. The van der Waals surface area contributed by atoms with Crippen LogP contribution in [-0.4, -0.2) is 59.1 Å². The van der Waals surface area contributed by atoms with Crippen LogP contribution in [0.2, 0.25) is 0 Å². The Labute approximate surface area is 123 Å². The molecule has 0 aliphatic carbocycles. The lowest BCUT2D eigenvalue weighted by Gasteiger charge is -2.20. The van der Waals surface area contributed by atoms with Crippen molar-refractivity contribution in [1.82, 2.24) is 14.7 Å². The highest BCUT2D eigenvalue weighted by molar-refractivity contribution is 5.94. The number of amides is 1. The van der Waals surface area contributed by atoms with Crippen LogP contribution in [0, 0.1) is 0 Å². The molecule has 1 N–H and O–H groups in total. The van der Waals surface area contributed by atoms with Crippen molar-refractivity contribution >= 4 is 5.91 Å². The number of carbonyl (C=O) groups excluding carboxylic acids is 1. The summed E-state index contributed by atoms with van der Waals surface area (Å²) >= 11 is 0. The zero-order valence-corrected chi connectivity index (χ0v) is 12.1. The van der Waals surface area contributed by atoms with Gasteiger partial charge in [0.1, 0.15) is 0 Å². The van der Waals surface area contributed by atoms with Crippen LogP contribution in [0.3, 0.4) is 0 Å². The van der Waals surface area contributed by atoms with Gasteiger partial charge in [0, 0.05) is 38.7 Å². The highest BCUT2D eigenvalue weighted by Gasteiger charge is 2.15. The van der Waals surface area contributed by atoms with E-state index < -0.39 is 6.10 Å². The Hall–Kier alpha value is -2.18. The Balaban J connectivity index is 2.02. The van der Waals surface area contributed by atoms with Gasteiger partial charge in [-0.15, -0.1) is 0 Å². The fraction of sp³-hybridized carbons (Fsp3) is 0.333. The maximum Gasteiger partial charge on any atom is 0.253 e. The predicted octanol–water partition coefficient (Wildman–Crippen LogP) is 0.952. The summed E-state index contributed by atoms with van der Waals surface area (Å²) in [4.78, 5) is 13.7. The van der Waals surface area contributed by atoms with Gasteiger partial charge in [-0.25, -0.2) is 4.68 Å². The van der Waals surface area contributed by atoms with Crippen molar-refractivity contribution in [1.29, 1.82) is 0 Å². The van der Waals surface area contributed by atoms with Crippen LogP contribution < -0.4 is 0 Å². The number of hydrogen-bond acceptors (Lipinski definition) is 4. The van der Waals surface area contributed by atoms with Gasteiger partial charge >= 0.3 is 0 Å². The normalized spacial score (nSPS) is 12.1. The van der Waals surface area contributed by atoms with Gasteiger partial charge in [-0.05, 0) is 30.3 Å². The van der Waals surface area contributed by atoms with Crippen molar-refractivity contribution in [2.75, 3.05) is 27.3 Å². The molecule has 112 valence electrons. The first-order valence-electron chi connectivity index (χ1n) is 6.64. The molecule has 2 aromatic rings. The average molecular weight is 289 g/mol. The first-order chi connectivity index (χ1) is 10.1. The summed E-state index contributed by atoms with van der Waals surface area (Å²) in [5.74, 6) is -0.142.